The average molecular weight is 312 g/mol. The summed E-state index contributed by atoms with van der Waals surface area (Å²) in [5, 5.41) is 1.76. The summed E-state index contributed by atoms with van der Waals surface area (Å²) < 4.78 is 25.4. The van der Waals surface area contributed by atoms with Gasteiger partial charge in [-0.05, 0) is 50.6 Å². The maximum Gasteiger partial charge on any atom is 0.254 e. The highest BCUT2D eigenvalue weighted by molar-refractivity contribution is 7.89. The van der Waals surface area contributed by atoms with Crippen molar-refractivity contribution < 1.29 is 8.42 Å². The Balaban J connectivity index is 2.32. The highest BCUT2D eigenvalue weighted by atomic mass is 32.2. The van der Waals surface area contributed by atoms with Crippen molar-refractivity contribution in [1.29, 1.82) is 0 Å². The molecule has 6 nitrogen and oxygen atoms in total. The number of aryl methyl sites for hydroxylation is 1. The van der Waals surface area contributed by atoms with Crippen molar-refractivity contribution in [2.75, 3.05) is 39.0 Å². The molecule has 0 aromatic heterocycles. The third-order valence-corrected chi connectivity index (χ3v) is 5.75. The van der Waals surface area contributed by atoms with Gasteiger partial charge in [0.1, 0.15) is 0 Å². The molecule has 21 heavy (non-hydrogen) atoms. The van der Waals surface area contributed by atoms with Gasteiger partial charge in [-0.3, -0.25) is 0 Å². The number of nitrogen functional groups attached to an aromatic ring is 1. The number of nitrogens with zero attached hydrogens (tertiary/aromatic N) is 2. The van der Waals surface area contributed by atoms with Crippen LogP contribution in [-0.4, -0.2) is 51.6 Å². The van der Waals surface area contributed by atoms with Gasteiger partial charge in [0.15, 0.2) is 0 Å². The van der Waals surface area contributed by atoms with Crippen molar-refractivity contribution in [2.24, 2.45) is 0 Å². The highest BCUT2D eigenvalue weighted by Crippen LogP contribution is 2.27. The van der Waals surface area contributed by atoms with Crippen molar-refractivity contribution in [2.45, 2.75) is 25.7 Å². The first-order valence-electron chi connectivity index (χ1n) is 7.04. The van der Waals surface area contributed by atoms with Crippen molar-refractivity contribution in [3.05, 3.63) is 22.8 Å². The van der Waals surface area contributed by atoms with Gasteiger partial charge in [0, 0.05) is 31.9 Å². The first-order chi connectivity index (χ1) is 9.72. The van der Waals surface area contributed by atoms with Crippen LogP contribution in [-0.2, 0) is 10.0 Å². The second-order valence-electron chi connectivity index (χ2n) is 5.75. The van der Waals surface area contributed by atoms with E-state index in [-0.39, 0.29) is 0 Å². The van der Waals surface area contributed by atoms with E-state index in [0.717, 1.165) is 24.2 Å². The minimum atomic E-state index is -3.61. The van der Waals surface area contributed by atoms with E-state index in [1.807, 2.05) is 27.0 Å². The number of rotatable bonds is 3. The molecule has 1 aliphatic rings. The van der Waals surface area contributed by atoms with E-state index in [1.165, 1.54) is 0 Å². The summed E-state index contributed by atoms with van der Waals surface area (Å²) in [5.74, 6) is 0. The summed E-state index contributed by atoms with van der Waals surface area (Å²) in [6.45, 7) is 8.48. The van der Waals surface area contributed by atoms with E-state index >= 15 is 0 Å². The van der Waals surface area contributed by atoms with Gasteiger partial charge in [0.2, 0.25) is 0 Å². The van der Waals surface area contributed by atoms with Crippen LogP contribution in [0.15, 0.2) is 11.0 Å². The number of nitrogens with one attached hydrogen (secondary N) is 1. The molecule has 3 N–H and O–H groups in total. The number of hydrogen-bond donors (Lipinski definition) is 2. The fraction of sp³-hybridized carbons (Fsp3) is 0.571. The monoisotopic (exact) mass is 312 g/mol. The lowest BCUT2D eigenvalue weighted by atomic mass is 10.1. The van der Waals surface area contributed by atoms with Crippen LogP contribution in [0.2, 0.25) is 0 Å². The van der Waals surface area contributed by atoms with E-state index in [4.69, 9.17) is 5.73 Å². The first-order valence-corrected chi connectivity index (χ1v) is 8.53. The van der Waals surface area contributed by atoms with Crippen LogP contribution in [0.3, 0.4) is 0 Å². The smallest absolute Gasteiger partial charge is 0.254 e. The molecule has 1 aliphatic heterocycles. The second-order valence-corrected chi connectivity index (χ2v) is 7.34. The van der Waals surface area contributed by atoms with Crippen LogP contribution < -0.4 is 10.6 Å². The van der Waals surface area contributed by atoms with Crippen molar-refractivity contribution in [3.63, 3.8) is 0 Å². The Kier molecular flexibility index (Phi) is 4.57. The number of sulfonamides is 1. The Hall–Kier alpha value is -1.15. The number of benzene rings is 1. The quantitative estimate of drug-likeness (QED) is 0.801. The number of anilines is 1. The van der Waals surface area contributed by atoms with Gasteiger partial charge in [0.25, 0.3) is 10.0 Å². The zero-order valence-electron chi connectivity index (χ0n) is 13.1. The van der Waals surface area contributed by atoms with Gasteiger partial charge in [-0.1, -0.05) is 0 Å². The van der Waals surface area contributed by atoms with Crippen LogP contribution in [0, 0.1) is 20.8 Å². The second kappa shape index (κ2) is 5.92. The van der Waals surface area contributed by atoms with E-state index in [0.29, 0.717) is 29.2 Å². The van der Waals surface area contributed by atoms with Crippen LogP contribution in [0.25, 0.3) is 0 Å². The van der Waals surface area contributed by atoms with Gasteiger partial charge in [-0.25, -0.2) is 13.4 Å². The first kappa shape index (κ1) is 16.2. The molecule has 0 aliphatic carbocycles. The van der Waals surface area contributed by atoms with Crippen LogP contribution in [0.1, 0.15) is 16.7 Å². The molecule has 0 unspecified atom stereocenters. The summed E-state index contributed by atoms with van der Waals surface area (Å²) in [4.78, 5) is 5.17. The zero-order valence-corrected chi connectivity index (χ0v) is 13.9. The Bertz CT molecular complexity index is 609. The molecule has 1 aromatic rings. The van der Waals surface area contributed by atoms with Crippen LogP contribution in [0.4, 0.5) is 5.69 Å². The predicted molar refractivity (Wildman–Crippen MR) is 84.5 cm³/mol. The van der Waals surface area contributed by atoms with Gasteiger partial charge < -0.3 is 10.6 Å². The Labute approximate surface area is 126 Å². The minimum absolute atomic E-state index is 0.305. The molecule has 2 rings (SSSR count). The molecule has 1 heterocycles. The van der Waals surface area contributed by atoms with Crippen LogP contribution in [0.5, 0.6) is 0 Å². The van der Waals surface area contributed by atoms with Gasteiger partial charge >= 0.3 is 0 Å². The molecular weight excluding hydrogens is 288 g/mol. The third kappa shape index (κ3) is 3.37. The SMILES string of the molecule is Cc1cc(N)c(C)c(S(=O)(=O)NN2CCN(C)CC2)c1C. The zero-order chi connectivity index (χ0) is 15.8. The molecule has 0 atom stereocenters. The number of hydrogen-bond acceptors (Lipinski definition) is 5. The number of nitrogens with two attached hydrogens (primary N) is 1. The van der Waals surface area contributed by atoms with Crippen LogP contribution >= 0.6 is 0 Å². The van der Waals surface area contributed by atoms with E-state index in [1.54, 1.807) is 11.9 Å². The van der Waals surface area contributed by atoms with E-state index < -0.39 is 10.0 Å². The van der Waals surface area contributed by atoms with Crippen molar-refractivity contribution in [3.8, 4) is 0 Å². The lowest BCUT2D eigenvalue weighted by Gasteiger charge is -2.32. The van der Waals surface area contributed by atoms with E-state index in [2.05, 4.69) is 9.73 Å². The molecule has 1 fully saturated rings. The normalized spacial score (nSPS) is 18.1. The summed E-state index contributed by atoms with van der Waals surface area (Å²) in [6.07, 6.45) is 0. The third-order valence-electron chi connectivity index (χ3n) is 4.10. The molecule has 0 amide bonds. The summed E-state index contributed by atoms with van der Waals surface area (Å²) in [7, 11) is -1.58. The fourth-order valence-electron chi connectivity index (χ4n) is 2.56. The predicted octanol–water partition coefficient (Wildman–Crippen LogP) is 0.635. The van der Waals surface area contributed by atoms with Crippen molar-refractivity contribution in [1.82, 2.24) is 14.7 Å². The van der Waals surface area contributed by atoms with Crippen molar-refractivity contribution >= 4 is 15.7 Å². The topological polar surface area (TPSA) is 78.7 Å². The highest BCUT2D eigenvalue weighted by Gasteiger charge is 2.26. The molecular formula is C14H24N4O2S. The fourth-order valence-corrected chi connectivity index (χ4v) is 4.26. The van der Waals surface area contributed by atoms with Gasteiger partial charge in [-0.2, -0.15) is 0 Å². The summed E-state index contributed by atoms with van der Waals surface area (Å²) in [6, 6.07) is 1.82. The Morgan fingerprint density at radius 3 is 2.24 bits per heavy atom. The maximum atomic E-state index is 12.7. The molecule has 1 saturated heterocycles. The maximum absolute atomic E-state index is 12.7. The summed E-state index contributed by atoms with van der Waals surface area (Å²) in [5.41, 5.74) is 8.69. The molecule has 0 bridgehead atoms. The molecule has 0 radical (unpaired) electrons. The number of piperazine rings is 1. The molecule has 0 spiro atoms. The van der Waals surface area contributed by atoms with Gasteiger partial charge in [-0.15, -0.1) is 4.83 Å². The lowest BCUT2D eigenvalue weighted by molar-refractivity contribution is 0.135. The lowest BCUT2D eigenvalue weighted by Crippen LogP contribution is -2.52. The number of hydrazine groups is 1. The Morgan fingerprint density at radius 1 is 1.10 bits per heavy atom. The molecule has 118 valence electrons. The molecule has 1 aromatic carbocycles. The van der Waals surface area contributed by atoms with Gasteiger partial charge in [0.05, 0.1) is 4.90 Å². The number of likely N-dealkylation sites (N-methyl/N-ethyl adjacent to an activating group) is 1. The molecule has 7 heteroatoms. The Morgan fingerprint density at radius 2 is 1.67 bits per heavy atom. The standard InChI is InChI=1S/C14H24N4O2S/c1-10-9-13(15)12(3)14(11(10)2)21(19,20)16-18-7-5-17(4)6-8-18/h9,16H,5-8,15H2,1-4H3. The average Bonchev–Trinajstić information content (AvgIpc) is 2.39. The largest absolute Gasteiger partial charge is 0.398 e. The minimum Gasteiger partial charge on any atom is -0.398 e. The summed E-state index contributed by atoms with van der Waals surface area (Å²) >= 11 is 0. The van der Waals surface area contributed by atoms with E-state index in [9.17, 15) is 8.42 Å². The molecule has 0 saturated carbocycles.